The Kier molecular flexibility index (Phi) is 6.08. The van der Waals surface area contributed by atoms with Crippen LogP contribution in [0.3, 0.4) is 0 Å². The number of carbonyl (C=O) groups excluding carboxylic acids is 2. The molecule has 0 aliphatic rings. The number of thiazole rings is 1. The quantitative estimate of drug-likeness (QED) is 0.426. The Morgan fingerprint density at radius 1 is 1.25 bits per heavy atom. The van der Waals surface area contributed by atoms with Crippen molar-refractivity contribution in [2.24, 2.45) is 0 Å². The van der Waals surface area contributed by atoms with Crippen molar-refractivity contribution in [1.29, 1.82) is 0 Å². The molecule has 3 aromatic rings. The first-order valence-electron chi connectivity index (χ1n) is 8.10. The van der Waals surface area contributed by atoms with Crippen molar-refractivity contribution in [3.05, 3.63) is 52.1 Å². The molecule has 0 bridgehead atoms. The molecule has 0 spiro atoms. The maximum absolute atomic E-state index is 12.4. The lowest BCUT2D eigenvalue weighted by Crippen LogP contribution is -2.31. The maximum atomic E-state index is 12.4. The fourth-order valence-corrected chi connectivity index (χ4v) is 5.34. The van der Waals surface area contributed by atoms with Crippen molar-refractivity contribution in [3.63, 3.8) is 0 Å². The lowest BCUT2D eigenvalue weighted by atomic mass is 10.1. The molecule has 0 radical (unpaired) electrons. The third-order valence-corrected chi connectivity index (χ3v) is 7.43. The SMILES string of the molecule is Cc1cc(C(=O)COC(=O)CNS(=O)(=O)c2cccs2)c(C)n1-c1nccs1. The number of hydrogen-bond donors (Lipinski definition) is 1. The summed E-state index contributed by atoms with van der Waals surface area (Å²) in [6.45, 7) is 2.63. The molecule has 0 saturated heterocycles. The summed E-state index contributed by atoms with van der Waals surface area (Å²) < 4.78 is 33.0. The van der Waals surface area contributed by atoms with Crippen LogP contribution in [0, 0.1) is 13.8 Å². The molecule has 0 amide bonds. The van der Waals surface area contributed by atoms with Crippen LogP contribution in [-0.4, -0.2) is 42.9 Å². The summed E-state index contributed by atoms with van der Waals surface area (Å²) in [6.07, 6.45) is 1.68. The van der Waals surface area contributed by atoms with Crippen molar-refractivity contribution in [2.75, 3.05) is 13.2 Å². The first kappa shape index (κ1) is 20.4. The number of carbonyl (C=O) groups is 2. The summed E-state index contributed by atoms with van der Waals surface area (Å²) in [6, 6.07) is 4.74. The highest BCUT2D eigenvalue weighted by atomic mass is 32.2. The number of nitrogens with zero attached hydrogens (tertiary/aromatic N) is 2. The first-order valence-corrected chi connectivity index (χ1v) is 11.3. The van der Waals surface area contributed by atoms with Gasteiger partial charge < -0.3 is 4.74 Å². The van der Waals surface area contributed by atoms with Crippen molar-refractivity contribution in [1.82, 2.24) is 14.3 Å². The van der Waals surface area contributed by atoms with Gasteiger partial charge in [-0.05, 0) is 31.4 Å². The van der Waals surface area contributed by atoms with Crippen LogP contribution in [-0.2, 0) is 19.6 Å². The molecule has 1 N–H and O–H groups in total. The first-order chi connectivity index (χ1) is 13.3. The summed E-state index contributed by atoms with van der Waals surface area (Å²) >= 11 is 2.48. The van der Waals surface area contributed by atoms with Crippen LogP contribution in [0.4, 0.5) is 0 Å². The Labute approximate surface area is 169 Å². The molecule has 0 unspecified atom stereocenters. The Morgan fingerprint density at radius 2 is 2.04 bits per heavy atom. The fourth-order valence-electron chi connectivity index (χ4n) is 2.58. The van der Waals surface area contributed by atoms with Gasteiger partial charge in [0.1, 0.15) is 10.8 Å². The minimum atomic E-state index is -3.76. The van der Waals surface area contributed by atoms with Gasteiger partial charge >= 0.3 is 5.97 Å². The second kappa shape index (κ2) is 8.35. The lowest BCUT2D eigenvalue weighted by Gasteiger charge is -2.07. The van der Waals surface area contributed by atoms with E-state index in [0.717, 1.165) is 22.2 Å². The number of ether oxygens (including phenoxy) is 1. The van der Waals surface area contributed by atoms with Crippen molar-refractivity contribution in [2.45, 2.75) is 18.1 Å². The summed E-state index contributed by atoms with van der Waals surface area (Å²) in [5, 5.41) is 4.21. The molecular formula is C17H17N3O5S3. The Hall–Kier alpha value is -2.34. The van der Waals surface area contributed by atoms with E-state index in [-0.39, 0.29) is 9.99 Å². The number of aromatic nitrogens is 2. The van der Waals surface area contributed by atoms with E-state index >= 15 is 0 Å². The second-order valence-electron chi connectivity index (χ2n) is 5.78. The van der Waals surface area contributed by atoms with Crippen LogP contribution in [0.15, 0.2) is 39.4 Å². The van der Waals surface area contributed by atoms with Crippen LogP contribution in [0.1, 0.15) is 21.7 Å². The molecule has 28 heavy (non-hydrogen) atoms. The molecule has 0 aliphatic heterocycles. The summed E-state index contributed by atoms with van der Waals surface area (Å²) in [5.41, 5.74) is 1.97. The third kappa shape index (κ3) is 4.38. The number of rotatable bonds is 8. The van der Waals surface area contributed by atoms with Gasteiger partial charge in [0, 0.05) is 28.5 Å². The molecule has 0 aromatic carbocycles. The zero-order chi connectivity index (χ0) is 20.3. The molecule has 8 nitrogen and oxygen atoms in total. The largest absolute Gasteiger partial charge is 0.456 e. The molecule has 11 heteroatoms. The van der Waals surface area contributed by atoms with E-state index in [1.54, 1.807) is 30.6 Å². The van der Waals surface area contributed by atoms with Gasteiger partial charge in [-0.25, -0.2) is 13.4 Å². The van der Waals surface area contributed by atoms with Crippen molar-refractivity contribution < 1.29 is 22.7 Å². The minimum Gasteiger partial charge on any atom is -0.456 e. The van der Waals surface area contributed by atoms with E-state index in [9.17, 15) is 18.0 Å². The molecule has 0 fully saturated rings. The summed E-state index contributed by atoms with van der Waals surface area (Å²) in [4.78, 5) is 28.5. The highest BCUT2D eigenvalue weighted by Crippen LogP contribution is 2.22. The fraction of sp³-hybridized carbons (Fsp3) is 0.235. The molecule has 148 valence electrons. The molecule has 3 heterocycles. The number of Topliss-reactive ketones (excluding diaryl/α,β-unsaturated/α-hetero) is 1. The topological polar surface area (TPSA) is 107 Å². The van der Waals surface area contributed by atoms with Gasteiger partial charge in [0.05, 0.1) is 0 Å². The third-order valence-electron chi connectivity index (χ3n) is 3.87. The van der Waals surface area contributed by atoms with Gasteiger partial charge in [0.2, 0.25) is 5.78 Å². The predicted molar refractivity (Wildman–Crippen MR) is 106 cm³/mol. The van der Waals surface area contributed by atoms with E-state index in [2.05, 4.69) is 9.71 Å². The van der Waals surface area contributed by atoms with Crippen LogP contribution < -0.4 is 4.72 Å². The monoisotopic (exact) mass is 439 g/mol. The van der Waals surface area contributed by atoms with Gasteiger partial charge in [-0.3, -0.25) is 14.2 Å². The van der Waals surface area contributed by atoms with Gasteiger partial charge in [0.25, 0.3) is 10.0 Å². The molecule has 0 atom stereocenters. The zero-order valence-corrected chi connectivity index (χ0v) is 17.5. The second-order valence-corrected chi connectivity index (χ2v) is 9.59. The normalized spacial score (nSPS) is 11.5. The Balaban J connectivity index is 1.59. The maximum Gasteiger partial charge on any atom is 0.321 e. The van der Waals surface area contributed by atoms with Crippen molar-refractivity contribution in [3.8, 4) is 5.13 Å². The van der Waals surface area contributed by atoms with E-state index in [4.69, 9.17) is 4.74 Å². The molecular weight excluding hydrogens is 422 g/mol. The molecule has 3 rings (SSSR count). The highest BCUT2D eigenvalue weighted by Gasteiger charge is 2.20. The van der Waals surface area contributed by atoms with E-state index < -0.39 is 29.1 Å². The Morgan fingerprint density at radius 3 is 2.68 bits per heavy atom. The minimum absolute atomic E-state index is 0.103. The number of ketones is 1. The van der Waals surface area contributed by atoms with Gasteiger partial charge in [-0.1, -0.05) is 6.07 Å². The van der Waals surface area contributed by atoms with Crippen LogP contribution in [0.25, 0.3) is 5.13 Å². The highest BCUT2D eigenvalue weighted by molar-refractivity contribution is 7.91. The number of aryl methyl sites for hydroxylation is 1. The number of nitrogens with one attached hydrogen (secondary N) is 1. The van der Waals surface area contributed by atoms with Gasteiger partial charge in [0.15, 0.2) is 11.7 Å². The number of hydrogen-bond acceptors (Lipinski definition) is 8. The lowest BCUT2D eigenvalue weighted by molar-refractivity contribution is -0.141. The smallest absolute Gasteiger partial charge is 0.321 e. The predicted octanol–water partition coefficient (Wildman–Crippen LogP) is 2.32. The van der Waals surface area contributed by atoms with E-state index in [1.807, 2.05) is 16.9 Å². The average Bonchev–Trinajstić information content (AvgIpc) is 3.39. The zero-order valence-electron chi connectivity index (χ0n) is 15.0. The van der Waals surface area contributed by atoms with E-state index in [0.29, 0.717) is 11.3 Å². The van der Waals surface area contributed by atoms with Gasteiger partial charge in [-0.15, -0.1) is 22.7 Å². The molecule has 0 aliphatic carbocycles. The average molecular weight is 440 g/mol. The van der Waals surface area contributed by atoms with Crippen LogP contribution in [0.5, 0.6) is 0 Å². The standard InChI is InChI=1S/C17H17N3O5S3/c1-11-8-13(12(2)20(11)17-18-5-7-27-17)14(21)10-25-15(22)9-19-28(23,24)16-4-3-6-26-16/h3-8,19H,9-10H2,1-2H3. The number of esters is 1. The summed E-state index contributed by atoms with van der Waals surface area (Å²) in [7, 11) is -3.76. The van der Waals surface area contributed by atoms with Gasteiger partial charge in [-0.2, -0.15) is 4.72 Å². The van der Waals surface area contributed by atoms with Crippen molar-refractivity contribution >= 4 is 44.4 Å². The molecule has 3 aromatic heterocycles. The van der Waals surface area contributed by atoms with Crippen LogP contribution >= 0.6 is 22.7 Å². The van der Waals surface area contributed by atoms with Crippen LogP contribution in [0.2, 0.25) is 0 Å². The number of sulfonamides is 1. The van der Waals surface area contributed by atoms with E-state index in [1.165, 1.54) is 17.4 Å². The molecule has 0 saturated carbocycles. The number of thiophene rings is 1. The Bertz CT molecular complexity index is 1080. The summed E-state index contributed by atoms with van der Waals surface area (Å²) in [5.74, 6) is -1.20.